The molecule has 1 amide bonds. The average Bonchev–Trinajstić information content (AvgIpc) is 2.46. The highest BCUT2D eigenvalue weighted by molar-refractivity contribution is 5.94. The Morgan fingerprint density at radius 3 is 3.11 bits per heavy atom. The maximum absolute atomic E-state index is 11.9. The number of rotatable bonds is 5. The lowest BCUT2D eigenvalue weighted by molar-refractivity contribution is -0.142. The van der Waals surface area contributed by atoms with Crippen molar-refractivity contribution in [2.24, 2.45) is 0 Å². The number of carbonyl (C=O) groups is 1. The van der Waals surface area contributed by atoms with E-state index in [2.05, 4.69) is 5.32 Å². The zero-order valence-corrected chi connectivity index (χ0v) is 11.1. The van der Waals surface area contributed by atoms with Crippen molar-refractivity contribution in [1.29, 1.82) is 0 Å². The van der Waals surface area contributed by atoms with Gasteiger partial charge >= 0.3 is 0 Å². The largest absolute Gasteiger partial charge is 0.377 e. The Hall–Kier alpha value is -1.43. The molecule has 1 saturated heterocycles. The van der Waals surface area contributed by atoms with Crippen LogP contribution in [0.5, 0.6) is 0 Å². The summed E-state index contributed by atoms with van der Waals surface area (Å²) in [6.45, 7) is 4.49. The van der Waals surface area contributed by atoms with E-state index in [0.29, 0.717) is 33.0 Å². The van der Waals surface area contributed by atoms with E-state index < -0.39 is 6.10 Å². The van der Waals surface area contributed by atoms with Gasteiger partial charge in [-0.3, -0.25) is 4.79 Å². The Morgan fingerprint density at radius 2 is 2.37 bits per heavy atom. The van der Waals surface area contributed by atoms with E-state index in [9.17, 15) is 4.79 Å². The van der Waals surface area contributed by atoms with Gasteiger partial charge in [-0.2, -0.15) is 0 Å². The fourth-order valence-electron chi connectivity index (χ4n) is 1.82. The second-order valence-electron chi connectivity index (χ2n) is 4.26. The molecule has 2 rings (SSSR count). The topological polar surface area (TPSA) is 56.8 Å². The molecular weight excluding hydrogens is 246 g/mol. The van der Waals surface area contributed by atoms with Crippen LogP contribution in [0.4, 0.5) is 5.69 Å². The Balaban J connectivity index is 1.92. The van der Waals surface area contributed by atoms with Crippen molar-refractivity contribution in [3.63, 3.8) is 0 Å². The summed E-state index contributed by atoms with van der Waals surface area (Å²) in [5.74, 6) is -0.173. The molecule has 5 heteroatoms. The number of amides is 1. The second kappa shape index (κ2) is 7.23. The predicted octanol–water partition coefficient (Wildman–Crippen LogP) is 1.58. The summed E-state index contributed by atoms with van der Waals surface area (Å²) >= 11 is 0. The maximum atomic E-state index is 11.9. The third kappa shape index (κ3) is 4.31. The second-order valence-corrected chi connectivity index (χ2v) is 4.26. The Morgan fingerprint density at radius 1 is 1.47 bits per heavy atom. The Labute approximate surface area is 112 Å². The first kappa shape index (κ1) is 14.0. The van der Waals surface area contributed by atoms with Crippen molar-refractivity contribution in [2.75, 3.05) is 31.7 Å². The summed E-state index contributed by atoms with van der Waals surface area (Å²) < 4.78 is 15.9. The van der Waals surface area contributed by atoms with Crippen molar-refractivity contribution in [3.8, 4) is 0 Å². The lowest BCUT2D eigenvalue weighted by atomic mass is 10.2. The molecule has 1 aliphatic rings. The number of ether oxygens (including phenoxy) is 3. The van der Waals surface area contributed by atoms with Gasteiger partial charge in [-0.15, -0.1) is 0 Å². The molecule has 1 fully saturated rings. The number of benzene rings is 1. The van der Waals surface area contributed by atoms with Gasteiger partial charge in [0.25, 0.3) is 5.91 Å². The van der Waals surface area contributed by atoms with Crippen LogP contribution in [0.3, 0.4) is 0 Å². The minimum absolute atomic E-state index is 0.173. The van der Waals surface area contributed by atoms with Gasteiger partial charge in [0, 0.05) is 12.3 Å². The van der Waals surface area contributed by atoms with Crippen molar-refractivity contribution >= 4 is 11.6 Å². The first-order chi connectivity index (χ1) is 9.29. The molecule has 1 heterocycles. The summed E-state index contributed by atoms with van der Waals surface area (Å²) in [5, 5.41) is 2.83. The van der Waals surface area contributed by atoms with E-state index in [1.54, 1.807) is 0 Å². The molecule has 1 atom stereocenters. The van der Waals surface area contributed by atoms with Gasteiger partial charge < -0.3 is 19.5 Å². The minimum Gasteiger partial charge on any atom is -0.377 e. The SMILES string of the molecule is CCOCc1cccc(NC(=O)C2COCCO2)c1. The minimum atomic E-state index is -0.524. The van der Waals surface area contributed by atoms with Crippen LogP contribution >= 0.6 is 0 Å². The average molecular weight is 265 g/mol. The molecular formula is C14H19NO4. The van der Waals surface area contributed by atoms with Gasteiger partial charge in [-0.05, 0) is 24.6 Å². The summed E-state index contributed by atoms with van der Waals surface area (Å²) in [6, 6.07) is 7.60. The van der Waals surface area contributed by atoms with Crippen molar-refractivity contribution in [3.05, 3.63) is 29.8 Å². The van der Waals surface area contributed by atoms with Crippen LogP contribution in [0.25, 0.3) is 0 Å². The van der Waals surface area contributed by atoms with Crippen LogP contribution in [0.15, 0.2) is 24.3 Å². The van der Waals surface area contributed by atoms with Gasteiger partial charge in [-0.1, -0.05) is 12.1 Å². The number of nitrogens with one attached hydrogen (secondary N) is 1. The van der Waals surface area contributed by atoms with Crippen LogP contribution in [0, 0.1) is 0 Å². The third-order valence-electron chi connectivity index (χ3n) is 2.78. The predicted molar refractivity (Wildman–Crippen MR) is 71.0 cm³/mol. The van der Waals surface area contributed by atoms with Gasteiger partial charge in [0.1, 0.15) is 0 Å². The molecule has 0 spiro atoms. The number of hydrogen-bond donors (Lipinski definition) is 1. The number of anilines is 1. The van der Waals surface area contributed by atoms with Crippen LogP contribution < -0.4 is 5.32 Å². The lowest BCUT2D eigenvalue weighted by Crippen LogP contribution is -2.39. The molecule has 1 aromatic carbocycles. The van der Waals surface area contributed by atoms with Crippen molar-refractivity contribution in [1.82, 2.24) is 0 Å². The van der Waals surface area contributed by atoms with E-state index >= 15 is 0 Å². The molecule has 19 heavy (non-hydrogen) atoms. The smallest absolute Gasteiger partial charge is 0.255 e. The third-order valence-corrected chi connectivity index (χ3v) is 2.78. The fraction of sp³-hybridized carbons (Fsp3) is 0.500. The van der Waals surface area contributed by atoms with E-state index in [-0.39, 0.29) is 5.91 Å². The fourth-order valence-corrected chi connectivity index (χ4v) is 1.82. The van der Waals surface area contributed by atoms with E-state index in [1.165, 1.54) is 0 Å². The Bertz CT molecular complexity index is 416. The molecule has 0 saturated carbocycles. The van der Waals surface area contributed by atoms with Crippen LogP contribution in [0.1, 0.15) is 12.5 Å². The zero-order chi connectivity index (χ0) is 13.5. The number of carbonyl (C=O) groups excluding carboxylic acids is 1. The van der Waals surface area contributed by atoms with E-state index in [4.69, 9.17) is 14.2 Å². The van der Waals surface area contributed by atoms with E-state index in [1.807, 2.05) is 31.2 Å². The van der Waals surface area contributed by atoms with E-state index in [0.717, 1.165) is 11.3 Å². The highest BCUT2D eigenvalue weighted by Crippen LogP contribution is 2.13. The maximum Gasteiger partial charge on any atom is 0.255 e. The summed E-state index contributed by atoms with van der Waals surface area (Å²) in [7, 11) is 0. The zero-order valence-electron chi connectivity index (χ0n) is 11.1. The first-order valence-electron chi connectivity index (χ1n) is 6.46. The summed E-state index contributed by atoms with van der Waals surface area (Å²) in [6.07, 6.45) is -0.524. The summed E-state index contributed by atoms with van der Waals surface area (Å²) in [5.41, 5.74) is 1.77. The van der Waals surface area contributed by atoms with Gasteiger partial charge in [0.15, 0.2) is 6.10 Å². The molecule has 104 valence electrons. The molecule has 1 aliphatic heterocycles. The monoisotopic (exact) mass is 265 g/mol. The van der Waals surface area contributed by atoms with Gasteiger partial charge in [-0.25, -0.2) is 0 Å². The molecule has 0 aromatic heterocycles. The molecule has 5 nitrogen and oxygen atoms in total. The van der Waals surface area contributed by atoms with Crippen molar-refractivity contribution < 1.29 is 19.0 Å². The molecule has 0 aliphatic carbocycles. The molecule has 1 N–H and O–H groups in total. The van der Waals surface area contributed by atoms with Crippen LogP contribution in [-0.4, -0.2) is 38.4 Å². The summed E-state index contributed by atoms with van der Waals surface area (Å²) in [4.78, 5) is 11.9. The van der Waals surface area contributed by atoms with Gasteiger partial charge in [0.2, 0.25) is 0 Å². The lowest BCUT2D eigenvalue weighted by Gasteiger charge is -2.22. The normalized spacial score (nSPS) is 19.1. The molecule has 0 radical (unpaired) electrons. The standard InChI is InChI=1S/C14H19NO4/c1-2-17-9-11-4-3-5-12(8-11)15-14(16)13-10-18-6-7-19-13/h3-5,8,13H,2,6-7,9-10H2,1H3,(H,15,16). The molecule has 1 aromatic rings. The Kier molecular flexibility index (Phi) is 5.32. The molecule has 0 bridgehead atoms. The first-order valence-corrected chi connectivity index (χ1v) is 6.46. The van der Waals surface area contributed by atoms with Crippen LogP contribution in [-0.2, 0) is 25.6 Å². The molecule has 1 unspecified atom stereocenters. The quantitative estimate of drug-likeness (QED) is 0.878. The van der Waals surface area contributed by atoms with Crippen molar-refractivity contribution in [2.45, 2.75) is 19.6 Å². The van der Waals surface area contributed by atoms with Crippen LogP contribution in [0.2, 0.25) is 0 Å². The number of hydrogen-bond acceptors (Lipinski definition) is 4. The highest BCUT2D eigenvalue weighted by Gasteiger charge is 2.22. The van der Waals surface area contributed by atoms with Gasteiger partial charge in [0.05, 0.1) is 26.4 Å². The highest BCUT2D eigenvalue weighted by atomic mass is 16.6.